The molecule has 2 heterocycles. The number of hydrogen-bond acceptors (Lipinski definition) is 6. The molecule has 0 fully saturated rings. The maximum absolute atomic E-state index is 11.9. The zero-order valence-corrected chi connectivity index (χ0v) is 14.6. The third-order valence-electron chi connectivity index (χ3n) is 3.38. The third kappa shape index (κ3) is 4.58. The topological polar surface area (TPSA) is 113 Å². The van der Waals surface area contributed by atoms with E-state index >= 15 is 0 Å². The number of urea groups is 1. The first-order chi connectivity index (χ1) is 11.1. The molecule has 2 aromatic rings. The summed E-state index contributed by atoms with van der Waals surface area (Å²) in [6, 6.07) is 3.00. The second-order valence-electron chi connectivity index (χ2n) is 6.99. The van der Waals surface area contributed by atoms with E-state index in [1.54, 1.807) is 26.0 Å². The van der Waals surface area contributed by atoms with Gasteiger partial charge in [0.25, 0.3) is 0 Å². The summed E-state index contributed by atoms with van der Waals surface area (Å²) < 4.78 is 10.5. The van der Waals surface area contributed by atoms with E-state index in [9.17, 15) is 9.90 Å². The van der Waals surface area contributed by atoms with Crippen molar-refractivity contribution < 1.29 is 18.8 Å². The number of rotatable bonds is 5. The lowest BCUT2D eigenvalue weighted by molar-refractivity contribution is 0.0359. The van der Waals surface area contributed by atoms with Crippen LogP contribution in [0.5, 0.6) is 0 Å². The molecule has 0 spiro atoms. The molecule has 0 bridgehead atoms. The molecule has 2 amide bonds. The van der Waals surface area contributed by atoms with Crippen LogP contribution in [0.2, 0.25) is 0 Å². The SMILES string of the molecule is Cc1ccc(C(C)(O)CNC(=O)NCc2noc(C(C)(C)C)n2)o1. The summed E-state index contributed by atoms with van der Waals surface area (Å²) in [6.45, 7) is 9.38. The predicted octanol–water partition coefficient (Wildman–Crippen LogP) is 1.98. The maximum Gasteiger partial charge on any atom is 0.315 e. The summed E-state index contributed by atoms with van der Waals surface area (Å²) >= 11 is 0. The summed E-state index contributed by atoms with van der Waals surface area (Å²) in [6.07, 6.45) is 0. The molecule has 0 aromatic carbocycles. The van der Waals surface area contributed by atoms with Crippen molar-refractivity contribution in [2.75, 3.05) is 6.54 Å². The number of aromatic nitrogens is 2. The molecule has 0 aliphatic carbocycles. The van der Waals surface area contributed by atoms with E-state index in [0.29, 0.717) is 23.2 Å². The van der Waals surface area contributed by atoms with Crippen molar-refractivity contribution in [2.45, 2.75) is 52.2 Å². The van der Waals surface area contributed by atoms with E-state index in [2.05, 4.69) is 20.8 Å². The minimum absolute atomic E-state index is 0.00523. The zero-order chi connectivity index (χ0) is 18.0. The van der Waals surface area contributed by atoms with E-state index in [-0.39, 0.29) is 18.5 Å². The Labute approximate surface area is 140 Å². The summed E-state index contributed by atoms with van der Waals surface area (Å²) in [5, 5.41) is 19.4. The van der Waals surface area contributed by atoms with Gasteiger partial charge in [-0.1, -0.05) is 25.9 Å². The first-order valence-corrected chi connectivity index (χ1v) is 7.72. The maximum atomic E-state index is 11.9. The molecule has 1 unspecified atom stereocenters. The van der Waals surface area contributed by atoms with Crippen LogP contribution in [0.3, 0.4) is 0 Å². The molecule has 0 aliphatic heterocycles. The molecule has 1 atom stereocenters. The Hall–Kier alpha value is -2.35. The first-order valence-electron chi connectivity index (χ1n) is 7.72. The fourth-order valence-corrected chi connectivity index (χ4v) is 1.92. The number of nitrogens with one attached hydrogen (secondary N) is 2. The molecule has 0 saturated heterocycles. The van der Waals surface area contributed by atoms with Crippen molar-refractivity contribution in [2.24, 2.45) is 0 Å². The molecule has 24 heavy (non-hydrogen) atoms. The van der Waals surface area contributed by atoms with Crippen LogP contribution in [-0.4, -0.2) is 27.8 Å². The van der Waals surface area contributed by atoms with Crippen LogP contribution in [-0.2, 0) is 17.6 Å². The Morgan fingerprint density at radius 1 is 1.25 bits per heavy atom. The number of carbonyl (C=O) groups is 1. The Bertz CT molecular complexity index is 697. The Morgan fingerprint density at radius 3 is 2.50 bits per heavy atom. The van der Waals surface area contributed by atoms with Crippen LogP contribution >= 0.6 is 0 Å². The van der Waals surface area contributed by atoms with E-state index in [1.807, 2.05) is 20.8 Å². The number of amides is 2. The van der Waals surface area contributed by atoms with Crippen LogP contribution in [0.15, 0.2) is 21.1 Å². The molecule has 0 radical (unpaired) electrons. The number of hydrogen-bond donors (Lipinski definition) is 3. The van der Waals surface area contributed by atoms with Crippen LogP contribution < -0.4 is 10.6 Å². The van der Waals surface area contributed by atoms with Crippen LogP contribution in [0, 0.1) is 6.92 Å². The Kier molecular flexibility index (Phi) is 4.98. The summed E-state index contributed by atoms with van der Waals surface area (Å²) in [5.41, 5.74) is -1.54. The molecule has 2 rings (SSSR count). The molecule has 2 aromatic heterocycles. The molecular formula is C16H24N4O4. The lowest BCUT2D eigenvalue weighted by atomic mass is 9.97. The molecule has 8 heteroatoms. The van der Waals surface area contributed by atoms with Gasteiger partial charge in [-0.05, 0) is 26.0 Å². The second kappa shape index (κ2) is 6.64. The quantitative estimate of drug-likeness (QED) is 0.769. The van der Waals surface area contributed by atoms with Crippen LogP contribution in [0.25, 0.3) is 0 Å². The smallest absolute Gasteiger partial charge is 0.315 e. The summed E-state index contributed by atoms with van der Waals surface area (Å²) in [7, 11) is 0. The largest absolute Gasteiger partial charge is 0.463 e. The van der Waals surface area contributed by atoms with Gasteiger partial charge in [-0.2, -0.15) is 4.98 Å². The second-order valence-corrected chi connectivity index (χ2v) is 6.99. The minimum atomic E-state index is -1.29. The van der Waals surface area contributed by atoms with Gasteiger partial charge >= 0.3 is 6.03 Å². The fraction of sp³-hybridized carbons (Fsp3) is 0.562. The molecule has 132 valence electrons. The van der Waals surface area contributed by atoms with Gasteiger partial charge in [-0.15, -0.1) is 0 Å². The average molecular weight is 336 g/mol. The van der Waals surface area contributed by atoms with Crippen molar-refractivity contribution in [1.82, 2.24) is 20.8 Å². The average Bonchev–Trinajstić information content (AvgIpc) is 3.11. The number of aliphatic hydroxyl groups is 1. The van der Waals surface area contributed by atoms with Gasteiger partial charge in [0.15, 0.2) is 5.82 Å². The van der Waals surface area contributed by atoms with E-state index in [1.165, 1.54) is 0 Å². The molecular weight excluding hydrogens is 312 g/mol. The predicted molar refractivity (Wildman–Crippen MR) is 86.3 cm³/mol. The van der Waals surface area contributed by atoms with Gasteiger partial charge in [0.2, 0.25) is 5.89 Å². The Morgan fingerprint density at radius 2 is 1.96 bits per heavy atom. The number of furan rings is 1. The van der Waals surface area contributed by atoms with Crippen LogP contribution in [0.4, 0.5) is 4.79 Å². The number of carbonyl (C=O) groups excluding carboxylic acids is 1. The van der Waals surface area contributed by atoms with Gasteiger partial charge in [0.05, 0.1) is 13.1 Å². The van der Waals surface area contributed by atoms with Gasteiger partial charge in [0.1, 0.15) is 17.1 Å². The highest BCUT2D eigenvalue weighted by molar-refractivity contribution is 5.73. The highest BCUT2D eigenvalue weighted by Gasteiger charge is 2.27. The van der Waals surface area contributed by atoms with Crippen LogP contribution in [0.1, 0.15) is 50.9 Å². The van der Waals surface area contributed by atoms with E-state index in [4.69, 9.17) is 8.94 Å². The van der Waals surface area contributed by atoms with Crippen molar-refractivity contribution >= 4 is 6.03 Å². The fourth-order valence-electron chi connectivity index (χ4n) is 1.92. The normalized spacial score (nSPS) is 14.2. The third-order valence-corrected chi connectivity index (χ3v) is 3.38. The molecule has 0 saturated carbocycles. The molecule has 8 nitrogen and oxygen atoms in total. The standard InChI is InChI=1S/C16H24N4O4/c1-10-6-7-11(23-10)16(5,22)9-18-14(21)17-8-12-19-13(24-20-12)15(2,3)4/h6-7,22H,8-9H2,1-5H3,(H2,17,18,21). The Balaban J connectivity index is 1.82. The highest BCUT2D eigenvalue weighted by atomic mass is 16.5. The van der Waals surface area contributed by atoms with E-state index < -0.39 is 11.6 Å². The number of nitrogens with zero attached hydrogens (tertiary/aromatic N) is 2. The van der Waals surface area contributed by atoms with Crippen molar-refractivity contribution in [3.05, 3.63) is 35.4 Å². The summed E-state index contributed by atoms with van der Waals surface area (Å²) in [5.74, 6) is 1.99. The summed E-state index contributed by atoms with van der Waals surface area (Å²) in [4.78, 5) is 16.1. The van der Waals surface area contributed by atoms with Gasteiger partial charge in [-0.3, -0.25) is 0 Å². The molecule has 3 N–H and O–H groups in total. The van der Waals surface area contributed by atoms with E-state index in [0.717, 1.165) is 0 Å². The lowest BCUT2D eigenvalue weighted by Gasteiger charge is -2.21. The van der Waals surface area contributed by atoms with Gasteiger partial charge in [-0.25, -0.2) is 4.79 Å². The van der Waals surface area contributed by atoms with Crippen molar-refractivity contribution in [3.63, 3.8) is 0 Å². The first kappa shape index (κ1) is 18.0. The zero-order valence-electron chi connectivity index (χ0n) is 14.6. The molecule has 0 aliphatic rings. The van der Waals surface area contributed by atoms with Gasteiger partial charge < -0.3 is 24.7 Å². The minimum Gasteiger partial charge on any atom is -0.463 e. The van der Waals surface area contributed by atoms with Crippen molar-refractivity contribution in [1.29, 1.82) is 0 Å². The van der Waals surface area contributed by atoms with Gasteiger partial charge in [0, 0.05) is 5.41 Å². The number of aryl methyl sites for hydroxylation is 1. The highest BCUT2D eigenvalue weighted by Crippen LogP contribution is 2.22. The lowest BCUT2D eigenvalue weighted by Crippen LogP contribution is -2.43. The van der Waals surface area contributed by atoms with Crippen molar-refractivity contribution in [3.8, 4) is 0 Å². The monoisotopic (exact) mass is 336 g/mol.